The fraction of sp³-hybridized carbons (Fsp3) is 0.333. The summed E-state index contributed by atoms with van der Waals surface area (Å²) in [5.74, 6) is 0. The Bertz CT molecular complexity index is 333. The molecule has 1 atom stereocenters. The summed E-state index contributed by atoms with van der Waals surface area (Å²) >= 11 is 5.61. The first-order chi connectivity index (χ1) is 6.32. The highest BCUT2D eigenvalue weighted by molar-refractivity contribution is 6.31. The summed E-state index contributed by atoms with van der Waals surface area (Å²) in [6.07, 6.45) is -5.42. The molecule has 1 nitrogen and oxygen atoms in total. The van der Waals surface area contributed by atoms with E-state index in [2.05, 4.69) is 0 Å². The number of rotatable bonds is 1. The predicted molar refractivity (Wildman–Crippen MR) is 47.1 cm³/mol. The van der Waals surface area contributed by atoms with Gasteiger partial charge in [0.25, 0.3) is 0 Å². The van der Waals surface area contributed by atoms with Crippen LogP contribution in [0.25, 0.3) is 0 Å². The minimum absolute atomic E-state index is 0.0847. The van der Waals surface area contributed by atoms with Crippen LogP contribution in [0.5, 0.6) is 0 Å². The van der Waals surface area contributed by atoms with Crippen LogP contribution in [0.1, 0.15) is 24.2 Å². The second-order valence-corrected chi connectivity index (χ2v) is 3.32. The Balaban J connectivity index is 3.20. The van der Waals surface area contributed by atoms with E-state index in [1.165, 1.54) is 6.92 Å². The number of aliphatic hydroxyl groups excluding tert-OH is 1. The van der Waals surface area contributed by atoms with Crippen LogP contribution in [0.4, 0.5) is 13.2 Å². The van der Waals surface area contributed by atoms with Crippen LogP contribution in [-0.2, 0) is 6.18 Å². The van der Waals surface area contributed by atoms with Crippen LogP contribution in [0.2, 0.25) is 5.02 Å². The first-order valence-corrected chi connectivity index (χ1v) is 4.25. The summed E-state index contributed by atoms with van der Waals surface area (Å²) in [7, 11) is 0. The van der Waals surface area contributed by atoms with Crippen molar-refractivity contribution in [3.63, 3.8) is 0 Å². The monoisotopic (exact) mass is 224 g/mol. The number of hydrogen-bond acceptors (Lipinski definition) is 1. The summed E-state index contributed by atoms with van der Waals surface area (Å²) in [6, 6.07) is 2.87. The van der Waals surface area contributed by atoms with Gasteiger partial charge in [-0.1, -0.05) is 11.6 Å². The van der Waals surface area contributed by atoms with Gasteiger partial charge in [-0.25, -0.2) is 0 Å². The van der Waals surface area contributed by atoms with Crippen molar-refractivity contribution in [1.82, 2.24) is 0 Å². The van der Waals surface area contributed by atoms with E-state index in [1.807, 2.05) is 0 Å². The van der Waals surface area contributed by atoms with E-state index in [4.69, 9.17) is 16.7 Å². The van der Waals surface area contributed by atoms with Gasteiger partial charge in [0.15, 0.2) is 0 Å². The van der Waals surface area contributed by atoms with E-state index in [1.54, 1.807) is 0 Å². The zero-order valence-electron chi connectivity index (χ0n) is 7.27. The molecule has 0 amide bonds. The third-order valence-corrected chi connectivity index (χ3v) is 2.12. The number of halogens is 4. The maximum Gasteiger partial charge on any atom is 0.416 e. The molecular formula is C9H8ClF3O. The van der Waals surface area contributed by atoms with Crippen molar-refractivity contribution in [3.8, 4) is 0 Å². The lowest BCUT2D eigenvalue weighted by atomic mass is 10.1. The van der Waals surface area contributed by atoms with E-state index in [9.17, 15) is 13.2 Å². The standard InChI is InChI=1S/C9H8ClF3O/c1-5(14)7-4-6(9(11,12)13)2-3-8(7)10/h2-5,14H,1H3/t5-/m1/s1. The SMILES string of the molecule is C[C@@H](O)c1cc(C(F)(F)F)ccc1Cl. The number of aliphatic hydroxyl groups is 1. The molecule has 0 radical (unpaired) electrons. The average Bonchev–Trinajstić information content (AvgIpc) is 2.02. The van der Waals surface area contributed by atoms with Gasteiger partial charge in [0.2, 0.25) is 0 Å². The van der Waals surface area contributed by atoms with Gasteiger partial charge in [-0.15, -0.1) is 0 Å². The van der Waals surface area contributed by atoms with Crippen molar-refractivity contribution in [2.24, 2.45) is 0 Å². The fourth-order valence-electron chi connectivity index (χ4n) is 1.04. The molecule has 0 aliphatic carbocycles. The average molecular weight is 225 g/mol. The molecule has 5 heteroatoms. The molecule has 0 bridgehead atoms. The summed E-state index contributed by atoms with van der Waals surface area (Å²) < 4.78 is 36.7. The zero-order valence-corrected chi connectivity index (χ0v) is 8.02. The molecular weight excluding hydrogens is 217 g/mol. The zero-order chi connectivity index (χ0) is 10.9. The maximum atomic E-state index is 12.2. The summed E-state index contributed by atoms with van der Waals surface area (Å²) in [5.41, 5.74) is -0.723. The molecule has 0 saturated carbocycles. The van der Waals surface area contributed by atoms with Crippen LogP contribution >= 0.6 is 11.6 Å². The minimum Gasteiger partial charge on any atom is -0.389 e. The quantitative estimate of drug-likeness (QED) is 0.775. The van der Waals surface area contributed by atoms with Gasteiger partial charge >= 0.3 is 6.18 Å². The summed E-state index contributed by atoms with van der Waals surface area (Å²) in [6.45, 7) is 1.36. The Labute approximate surface area is 84.1 Å². The highest BCUT2D eigenvalue weighted by atomic mass is 35.5. The fourth-order valence-corrected chi connectivity index (χ4v) is 1.32. The summed E-state index contributed by atoms with van der Waals surface area (Å²) in [4.78, 5) is 0. The second kappa shape index (κ2) is 3.79. The van der Waals surface area contributed by atoms with Crippen molar-refractivity contribution in [3.05, 3.63) is 34.3 Å². The van der Waals surface area contributed by atoms with Crippen LogP contribution in [0, 0.1) is 0 Å². The van der Waals surface area contributed by atoms with Crippen LogP contribution in [-0.4, -0.2) is 5.11 Å². The van der Waals surface area contributed by atoms with Crippen molar-refractivity contribution in [2.45, 2.75) is 19.2 Å². The van der Waals surface area contributed by atoms with Crippen molar-refractivity contribution in [2.75, 3.05) is 0 Å². The van der Waals surface area contributed by atoms with Gasteiger partial charge in [0.1, 0.15) is 0 Å². The molecule has 1 aromatic carbocycles. The van der Waals surface area contributed by atoms with E-state index < -0.39 is 17.8 Å². The largest absolute Gasteiger partial charge is 0.416 e. The van der Waals surface area contributed by atoms with E-state index in [0.29, 0.717) is 0 Å². The molecule has 0 saturated heterocycles. The van der Waals surface area contributed by atoms with Gasteiger partial charge in [-0.05, 0) is 30.7 Å². The molecule has 14 heavy (non-hydrogen) atoms. The van der Waals surface area contributed by atoms with Crippen LogP contribution < -0.4 is 0 Å². The van der Waals surface area contributed by atoms with Crippen molar-refractivity contribution < 1.29 is 18.3 Å². The van der Waals surface area contributed by atoms with Gasteiger partial charge in [-0.2, -0.15) is 13.2 Å². The molecule has 1 N–H and O–H groups in total. The van der Waals surface area contributed by atoms with E-state index in [-0.39, 0.29) is 10.6 Å². The van der Waals surface area contributed by atoms with E-state index in [0.717, 1.165) is 18.2 Å². The molecule has 1 rings (SSSR count). The molecule has 0 aliphatic heterocycles. The number of alkyl halides is 3. The minimum atomic E-state index is -4.41. The van der Waals surface area contributed by atoms with Gasteiger partial charge in [0.05, 0.1) is 11.7 Å². The molecule has 0 aliphatic rings. The Kier molecular flexibility index (Phi) is 3.07. The topological polar surface area (TPSA) is 20.2 Å². The molecule has 1 aromatic rings. The lowest BCUT2D eigenvalue weighted by molar-refractivity contribution is -0.137. The molecule has 0 fully saturated rings. The molecule has 0 heterocycles. The lowest BCUT2D eigenvalue weighted by Crippen LogP contribution is -2.06. The molecule has 0 aromatic heterocycles. The highest BCUT2D eigenvalue weighted by Crippen LogP contribution is 2.33. The third kappa shape index (κ3) is 2.39. The van der Waals surface area contributed by atoms with Gasteiger partial charge in [0, 0.05) is 5.02 Å². The lowest BCUT2D eigenvalue weighted by Gasteiger charge is -2.11. The number of benzene rings is 1. The Morgan fingerprint density at radius 3 is 2.36 bits per heavy atom. The first kappa shape index (κ1) is 11.3. The Morgan fingerprint density at radius 2 is 1.93 bits per heavy atom. The normalized spacial score (nSPS) is 14.1. The Morgan fingerprint density at radius 1 is 1.36 bits per heavy atom. The molecule has 0 unspecified atom stereocenters. The van der Waals surface area contributed by atoms with Gasteiger partial charge < -0.3 is 5.11 Å². The second-order valence-electron chi connectivity index (χ2n) is 2.91. The van der Waals surface area contributed by atoms with Crippen molar-refractivity contribution in [1.29, 1.82) is 0 Å². The smallest absolute Gasteiger partial charge is 0.389 e. The van der Waals surface area contributed by atoms with Crippen LogP contribution in [0.15, 0.2) is 18.2 Å². The molecule has 78 valence electrons. The van der Waals surface area contributed by atoms with Crippen LogP contribution in [0.3, 0.4) is 0 Å². The summed E-state index contributed by atoms with van der Waals surface area (Å²) in [5, 5.41) is 9.28. The predicted octanol–water partition coefficient (Wildman–Crippen LogP) is 3.41. The van der Waals surface area contributed by atoms with E-state index >= 15 is 0 Å². The molecule has 0 spiro atoms. The van der Waals surface area contributed by atoms with Gasteiger partial charge in [-0.3, -0.25) is 0 Å². The Hall–Kier alpha value is -0.740. The highest BCUT2D eigenvalue weighted by Gasteiger charge is 2.31. The third-order valence-electron chi connectivity index (χ3n) is 1.77. The van der Waals surface area contributed by atoms with Crippen molar-refractivity contribution >= 4 is 11.6 Å². The first-order valence-electron chi connectivity index (χ1n) is 3.87. The number of hydrogen-bond donors (Lipinski definition) is 1. The maximum absolute atomic E-state index is 12.2.